The van der Waals surface area contributed by atoms with Gasteiger partial charge in [-0.15, -0.1) is 0 Å². The molecule has 0 unspecified atom stereocenters. The molecule has 1 aliphatic heterocycles. The Kier molecular flexibility index (Phi) is 7.94. The number of nitrogens with zero attached hydrogens (tertiary/aromatic N) is 5. The second-order valence-electron chi connectivity index (χ2n) is 12.3. The van der Waals surface area contributed by atoms with Crippen LogP contribution in [0.25, 0.3) is 11.0 Å². The first-order valence-corrected chi connectivity index (χ1v) is 14.7. The number of anilines is 1. The van der Waals surface area contributed by atoms with Gasteiger partial charge in [0.1, 0.15) is 5.65 Å². The molecule has 4 heterocycles. The number of nitrogens with one attached hydrogen (secondary N) is 1. The summed E-state index contributed by atoms with van der Waals surface area (Å²) in [6.07, 6.45) is 11.6. The van der Waals surface area contributed by atoms with Crippen LogP contribution in [0, 0.1) is 13.8 Å². The van der Waals surface area contributed by atoms with Crippen LogP contribution in [-0.4, -0.2) is 60.2 Å². The summed E-state index contributed by atoms with van der Waals surface area (Å²) in [5.41, 5.74) is 4.68. The van der Waals surface area contributed by atoms with E-state index in [9.17, 15) is 9.90 Å². The Morgan fingerprint density at radius 1 is 1.05 bits per heavy atom. The number of hydrogen-bond acceptors (Lipinski definition) is 6. The number of aliphatic hydroxyl groups is 1. The number of aromatic nitrogens is 4. The van der Waals surface area contributed by atoms with Crippen molar-refractivity contribution in [2.45, 2.75) is 110 Å². The summed E-state index contributed by atoms with van der Waals surface area (Å²) in [6, 6.07) is 4.11. The van der Waals surface area contributed by atoms with Crippen molar-refractivity contribution in [1.82, 2.24) is 24.4 Å². The van der Waals surface area contributed by atoms with Crippen LogP contribution in [0.5, 0.6) is 0 Å². The van der Waals surface area contributed by atoms with Crippen LogP contribution in [0.3, 0.4) is 0 Å². The van der Waals surface area contributed by atoms with E-state index in [1.54, 1.807) is 0 Å². The fourth-order valence-corrected chi connectivity index (χ4v) is 6.58. The third-order valence-electron chi connectivity index (χ3n) is 8.54. The molecule has 1 saturated carbocycles. The van der Waals surface area contributed by atoms with Gasteiger partial charge in [0, 0.05) is 59.4 Å². The number of carbonyl (C=O) groups excluding carboxylic acids is 1. The molecule has 0 spiro atoms. The van der Waals surface area contributed by atoms with Crippen molar-refractivity contribution in [2.24, 2.45) is 0 Å². The van der Waals surface area contributed by atoms with Crippen molar-refractivity contribution in [3.8, 4) is 0 Å². The Labute approximate surface area is 232 Å². The number of piperidine rings is 1. The van der Waals surface area contributed by atoms with Crippen molar-refractivity contribution >= 4 is 22.9 Å². The summed E-state index contributed by atoms with van der Waals surface area (Å²) >= 11 is 0. The Morgan fingerprint density at radius 3 is 2.36 bits per heavy atom. The molecule has 3 aromatic heterocycles. The Bertz CT molecular complexity index is 1300. The molecule has 1 aliphatic carbocycles. The number of likely N-dealkylation sites (tertiary alicyclic amines) is 1. The summed E-state index contributed by atoms with van der Waals surface area (Å²) in [6.45, 7) is 11.9. The molecule has 1 amide bonds. The second-order valence-corrected chi connectivity index (χ2v) is 12.3. The number of amides is 1. The van der Waals surface area contributed by atoms with Gasteiger partial charge in [-0.2, -0.15) is 4.98 Å². The molecule has 0 bridgehead atoms. The lowest BCUT2D eigenvalue weighted by atomic mass is 9.89. The number of rotatable bonds is 7. The number of pyridine rings is 1. The molecular formula is C31H44N6O2. The maximum absolute atomic E-state index is 13.2. The van der Waals surface area contributed by atoms with Gasteiger partial charge in [0.15, 0.2) is 0 Å². The fourth-order valence-electron chi connectivity index (χ4n) is 6.58. The van der Waals surface area contributed by atoms with Crippen molar-refractivity contribution in [3.63, 3.8) is 0 Å². The van der Waals surface area contributed by atoms with Crippen LogP contribution in [0.15, 0.2) is 24.5 Å². The molecule has 2 aliphatic rings. The van der Waals surface area contributed by atoms with E-state index in [-0.39, 0.29) is 17.6 Å². The molecule has 0 aromatic carbocycles. The Balaban J connectivity index is 1.40. The lowest BCUT2D eigenvalue weighted by Crippen LogP contribution is -2.38. The van der Waals surface area contributed by atoms with Gasteiger partial charge in [-0.1, -0.05) is 13.3 Å². The SMILES string of the molecule is CCCC(C)(C)Nc1ncc2c(C3CCN(C(=O)c4cc(C)nc(C)c4)CC3)cn(C3CCC(O)CC3)c2n1. The van der Waals surface area contributed by atoms with Crippen LogP contribution in [-0.2, 0) is 0 Å². The molecule has 0 atom stereocenters. The summed E-state index contributed by atoms with van der Waals surface area (Å²) in [5, 5.41) is 14.8. The lowest BCUT2D eigenvalue weighted by molar-refractivity contribution is 0.0712. The number of carbonyl (C=O) groups is 1. The maximum Gasteiger partial charge on any atom is 0.253 e. The first kappa shape index (κ1) is 27.6. The van der Waals surface area contributed by atoms with E-state index in [0.717, 1.165) is 92.4 Å². The van der Waals surface area contributed by atoms with E-state index in [2.05, 4.69) is 41.8 Å². The van der Waals surface area contributed by atoms with Crippen molar-refractivity contribution in [2.75, 3.05) is 18.4 Å². The molecule has 0 radical (unpaired) electrons. The van der Waals surface area contributed by atoms with Gasteiger partial charge in [0.2, 0.25) is 5.95 Å². The highest BCUT2D eigenvalue weighted by Crippen LogP contribution is 2.38. The van der Waals surface area contributed by atoms with Crippen molar-refractivity contribution in [1.29, 1.82) is 0 Å². The smallest absolute Gasteiger partial charge is 0.253 e. The fraction of sp³-hybridized carbons (Fsp3) is 0.613. The predicted octanol–water partition coefficient (Wildman–Crippen LogP) is 5.93. The molecule has 3 aromatic rings. The van der Waals surface area contributed by atoms with E-state index in [4.69, 9.17) is 9.97 Å². The molecule has 5 rings (SSSR count). The largest absolute Gasteiger partial charge is 0.393 e. The highest BCUT2D eigenvalue weighted by molar-refractivity contribution is 5.94. The Hall–Kier alpha value is -3.00. The minimum Gasteiger partial charge on any atom is -0.393 e. The highest BCUT2D eigenvalue weighted by atomic mass is 16.3. The van der Waals surface area contributed by atoms with Gasteiger partial charge in [-0.3, -0.25) is 9.78 Å². The zero-order valence-electron chi connectivity index (χ0n) is 24.2. The first-order chi connectivity index (χ1) is 18.6. The van der Waals surface area contributed by atoms with E-state index in [1.165, 1.54) is 5.56 Å². The van der Waals surface area contributed by atoms with Gasteiger partial charge in [-0.05, 0) is 96.3 Å². The highest BCUT2D eigenvalue weighted by Gasteiger charge is 2.30. The van der Waals surface area contributed by atoms with Crippen LogP contribution < -0.4 is 5.32 Å². The van der Waals surface area contributed by atoms with Crippen LogP contribution in [0.4, 0.5) is 5.95 Å². The van der Waals surface area contributed by atoms with Gasteiger partial charge in [0.05, 0.1) is 6.10 Å². The summed E-state index contributed by atoms with van der Waals surface area (Å²) in [5.74, 6) is 1.12. The topological polar surface area (TPSA) is 96.2 Å². The minimum absolute atomic E-state index is 0.0805. The second kappa shape index (κ2) is 11.2. The standard InChI is InChI=1S/C31H44N6O2/c1-6-13-31(4,5)35-30-32-18-26-27(19-37(28(26)34-30)24-7-9-25(38)10-8-24)22-11-14-36(15-12-22)29(39)23-16-20(2)33-21(3)17-23/h16-19,22,24-25,38H,6-15H2,1-5H3,(H,32,34,35). The average molecular weight is 533 g/mol. The van der Waals surface area contributed by atoms with Gasteiger partial charge < -0.3 is 19.9 Å². The summed E-state index contributed by atoms with van der Waals surface area (Å²) in [7, 11) is 0. The number of aliphatic hydroxyl groups excluding tert-OH is 1. The van der Waals surface area contributed by atoms with E-state index < -0.39 is 0 Å². The van der Waals surface area contributed by atoms with E-state index in [0.29, 0.717) is 17.9 Å². The zero-order chi connectivity index (χ0) is 27.7. The molecular weight excluding hydrogens is 488 g/mol. The van der Waals surface area contributed by atoms with E-state index >= 15 is 0 Å². The summed E-state index contributed by atoms with van der Waals surface area (Å²) in [4.78, 5) is 29.5. The molecule has 8 nitrogen and oxygen atoms in total. The Morgan fingerprint density at radius 2 is 1.72 bits per heavy atom. The number of hydrogen-bond donors (Lipinski definition) is 2. The van der Waals surface area contributed by atoms with E-state index in [1.807, 2.05) is 37.1 Å². The lowest BCUT2D eigenvalue weighted by Gasteiger charge is -2.32. The van der Waals surface area contributed by atoms with Crippen molar-refractivity contribution < 1.29 is 9.90 Å². The molecule has 39 heavy (non-hydrogen) atoms. The molecule has 210 valence electrons. The normalized spacial score (nSPS) is 20.9. The molecule has 2 fully saturated rings. The zero-order valence-corrected chi connectivity index (χ0v) is 24.2. The van der Waals surface area contributed by atoms with Gasteiger partial charge in [0.25, 0.3) is 5.91 Å². The van der Waals surface area contributed by atoms with Gasteiger partial charge >= 0.3 is 0 Å². The quantitative estimate of drug-likeness (QED) is 0.392. The molecule has 8 heteroatoms. The average Bonchev–Trinajstić information content (AvgIpc) is 3.26. The minimum atomic E-state index is -0.195. The van der Waals surface area contributed by atoms with Crippen molar-refractivity contribution in [3.05, 3.63) is 47.0 Å². The molecule has 2 N–H and O–H groups in total. The summed E-state index contributed by atoms with van der Waals surface area (Å²) < 4.78 is 2.36. The monoisotopic (exact) mass is 532 g/mol. The van der Waals surface area contributed by atoms with Crippen LogP contribution in [0.2, 0.25) is 0 Å². The third kappa shape index (κ3) is 6.11. The van der Waals surface area contributed by atoms with Crippen LogP contribution in [0.1, 0.15) is 111 Å². The van der Waals surface area contributed by atoms with Gasteiger partial charge in [-0.25, -0.2) is 4.98 Å². The maximum atomic E-state index is 13.2. The number of fused-ring (bicyclic) bond motifs is 1. The number of aryl methyl sites for hydroxylation is 2. The first-order valence-electron chi connectivity index (χ1n) is 14.7. The third-order valence-corrected chi connectivity index (χ3v) is 8.54. The van der Waals surface area contributed by atoms with Crippen LogP contribution >= 0.6 is 0 Å². The molecule has 1 saturated heterocycles. The predicted molar refractivity (Wildman–Crippen MR) is 155 cm³/mol.